The third-order valence-electron chi connectivity index (χ3n) is 3.64. The van der Waals surface area contributed by atoms with E-state index in [1.165, 1.54) is 6.07 Å². The van der Waals surface area contributed by atoms with Crippen LogP contribution in [-0.2, 0) is 0 Å². The second-order valence-electron chi connectivity index (χ2n) is 6.17. The van der Waals surface area contributed by atoms with E-state index in [4.69, 9.17) is 0 Å². The zero-order valence-electron chi connectivity index (χ0n) is 12.3. The molecule has 1 aromatic rings. The predicted molar refractivity (Wildman–Crippen MR) is 81.3 cm³/mol. The van der Waals surface area contributed by atoms with Gasteiger partial charge in [0.15, 0.2) is 0 Å². The highest BCUT2D eigenvalue weighted by Crippen LogP contribution is 2.31. The summed E-state index contributed by atoms with van der Waals surface area (Å²) >= 11 is 2.00. The molecular formula is C15H23FN2OS. The van der Waals surface area contributed by atoms with Crippen LogP contribution in [0.1, 0.15) is 32.6 Å². The van der Waals surface area contributed by atoms with Gasteiger partial charge in [0.1, 0.15) is 5.82 Å². The number of nitrogens with zero attached hydrogens (tertiary/aromatic N) is 2. The summed E-state index contributed by atoms with van der Waals surface area (Å²) in [6.45, 7) is 9.46. The summed E-state index contributed by atoms with van der Waals surface area (Å²) in [7, 11) is 0. The highest BCUT2D eigenvalue weighted by Gasteiger charge is 2.29. The van der Waals surface area contributed by atoms with Gasteiger partial charge in [0.2, 0.25) is 0 Å². The molecule has 1 aliphatic heterocycles. The van der Waals surface area contributed by atoms with Gasteiger partial charge in [-0.25, -0.2) is 4.39 Å². The van der Waals surface area contributed by atoms with E-state index in [1.54, 1.807) is 6.07 Å². The number of hydrogen-bond acceptors (Lipinski definition) is 4. The number of aliphatic hydroxyl groups is 1. The lowest BCUT2D eigenvalue weighted by atomic mass is 10.00. The number of halogens is 1. The topological polar surface area (TPSA) is 36.4 Å². The Morgan fingerprint density at radius 1 is 1.50 bits per heavy atom. The molecule has 1 aliphatic rings. The zero-order chi connectivity index (χ0) is 14.8. The molecule has 1 fully saturated rings. The minimum Gasteiger partial charge on any atom is -0.386 e. The van der Waals surface area contributed by atoms with E-state index in [1.807, 2.05) is 18.7 Å². The quantitative estimate of drug-likeness (QED) is 0.927. The smallest absolute Gasteiger partial charge is 0.141 e. The van der Waals surface area contributed by atoms with Crippen LogP contribution in [0.5, 0.6) is 0 Å². The van der Waals surface area contributed by atoms with Crippen LogP contribution in [0, 0.1) is 11.7 Å². The van der Waals surface area contributed by atoms with Gasteiger partial charge in [-0.1, -0.05) is 6.92 Å². The second-order valence-corrected chi connectivity index (χ2v) is 7.97. The lowest BCUT2D eigenvalue weighted by Gasteiger charge is -2.39. The summed E-state index contributed by atoms with van der Waals surface area (Å²) in [4.78, 5) is 6.37. The number of aliphatic hydroxyl groups excluding tert-OH is 1. The molecule has 1 N–H and O–H groups in total. The van der Waals surface area contributed by atoms with Gasteiger partial charge in [-0.15, -0.1) is 0 Å². The molecule has 0 aromatic carbocycles. The van der Waals surface area contributed by atoms with Crippen LogP contribution in [0.4, 0.5) is 4.39 Å². The van der Waals surface area contributed by atoms with Gasteiger partial charge in [-0.3, -0.25) is 4.98 Å². The van der Waals surface area contributed by atoms with Crippen LogP contribution in [0.2, 0.25) is 0 Å². The van der Waals surface area contributed by atoms with Crippen molar-refractivity contribution < 1.29 is 9.50 Å². The lowest BCUT2D eigenvalue weighted by Crippen LogP contribution is -2.45. The molecule has 0 amide bonds. The predicted octanol–water partition coefficient (Wildman–Crippen LogP) is 2.72. The summed E-state index contributed by atoms with van der Waals surface area (Å²) in [6, 6.07) is 2.91. The number of aromatic nitrogens is 1. The van der Waals surface area contributed by atoms with Gasteiger partial charge in [0.25, 0.3) is 0 Å². The molecule has 5 heteroatoms. The fraction of sp³-hybridized carbons (Fsp3) is 0.667. The molecule has 20 heavy (non-hydrogen) atoms. The Hall–Kier alpha value is -0.650. The minimum absolute atomic E-state index is 0.0758. The van der Waals surface area contributed by atoms with Crippen LogP contribution >= 0.6 is 11.8 Å². The largest absolute Gasteiger partial charge is 0.386 e. The average Bonchev–Trinajstić information content (AvgIpc) is 2.37. The van der Waals surface area contributed by atoms with Gasteiger partial charge >= 0.3 is 0 Å². The van der Waals surface area contributed by atoms with E-state index in [0.717, 1.165) is 31.6 Å². The van der Waals surface area contributed by atoms with Gasteiger partial charge in [0, 0.05) is 36.1 Å². The van der Waals surface area contributed by atoms with Crippen molar-refractivity contribution in [3.63, 3.8) is 0 Å². The summed E-state index contributed by atoms with van der Waals surface area (Å²) in [5.74, 6) is 0.834. The van der Waals surface area contributed by atoms with E-state index in [2.05, 4.69) is 23.7 Å². The normalized spacial score (nSPS) is 22.4. The third kappa shape index (κ3) is 4.17. The summed E-state index contributed by atoms with van der Waals surface area (Å²) < 4.78 is 13.1. The van der Waals surface area contributed by atoms with E-state index in [9.17, 15) is 9.50 Å². The molecule has 1 saturated heterocycles. The first-order valence-corrected chi connectivity index (χ1v) is 8.02. The van der Waals surface area contributed by atoms with Crippen LogP contribution in [0.15, 0.2) is 18.3 Å². The van der Waals surface area contributed by atoms with Crippen LogP contribution in [-0.4, -0.2) is 45.1 Å². The van der Waals surface area contributed by atoms with Crippen molar-refractivity contribution in [2.24, 2.45) is 5.92 Å². The van der Waals surface area contributed by atoms with Crippen molar-refractivity contribution in [3.05, 3.63) is 29.8 Å². The van der Waals surface area contributed by atoms with E-state index >= 15 is 0 Å². The van der Waals surface area contributed by atoms with Crippen LogP contribution < -0.4 is 0 Å². The average molecular weight is 298 g/mol. The molecule has 0 radical (unpaired) electrons. The van der Waals surface area contributed by atoms with Crippen molar-refractivity contribution in [2.45, 2.75) is 31.6 Å². The molecule has 112 valence electrons. The van der Waals surface area contributed by atoms with E-state index < -0.39 is 6.10 Å². The minimum atomic E-state index is -0.645. The first-order valence-electron chi connectivity index (χ1n) is 7.03. The highest BCUT2D eigenvalue weighted by molar-refractivity contribution is 8.00. The third-order valence-corrected chi connectivity index (χ3v) is 4.94. The summed E-state index contributed by atoms with van der Waals surface area (Å²) in [6.07, 6.45) is 0.514. The molecule has 2 rings (SSSR count). The monoisotopic (exact) mass is 298 g/mol. The fourth-order valence-corrected chi connectivity index (χ4v) is 3.81. The number of thioether (sulfide) groups is 1. The van der Waals surface area contributed by atoms with Crippen LogP contribution in [0.25, 0.3) is 0 Å². The SMILES string of the molecule is CC(CN1CCSC(C)(C)C1)C(O)c1ccc(F)cn1. The van der Waals surface area contributed by atoms with Crippen molar-refractivity contribution in [1.82, 2.24) is 9.88 Å². The Balaban J connectivity index is 1.93. The number of rotatable bonds is 4. The Bertz CT molecular complexity index is 438. The summed E-state index contributed by atoms with van der Waals surface area (Å²) in [5, 5.41) is 10.3. The van der Waals surface area contributed by atoms with Gasteiger partial charge < -0.3 is 10.0 Å². The van der Waals surface area contributed by atoms with Crippen molar-refractivity contribution in [2.75, 3.05) is 25.4 Å². The maximum Gasteiger partial charge on any atom is 0.141 e. The molecular weight excluding hydrogens is 275 g/mol. The molecule has 0 spiro atoms. The van der Waals surface area contributed by atoms with Gasteiger partial charge in [-0.2, -0.15) is 11.8 Å². The maximum atomic E-state index is 12.9. The molecule has 3 nitrogen and oxygen atoms in total. The molecule has 1 aromatic heterocycles. The first-order chi connectivity index (χ1) is 9.37. The standard InChI is InChI=1S/C15H23FN2OS/c1-11(9-18-6-7-20-15(2,3)10-18)14(19)13-5-4-12(16)8-17-13/h4-5,8,11,14,19H,6-7,9-10H2,1-3H3. The fourth-order valence-electron chi connectivity index (χ4n) is 2.63. The Morgan fingerprint density at radius 2 is 2.25 bits per heavy atom. The molecule has 0 saturated carbocycles. The molecule has 0 bridgehead atoms. The Kier molecular flexibility index (Phi) is 5.04. The molecule has 0 aliphatic carbocycles. The van der Waals surface area contributed by atoms with E-state index in [0.29, 0.717) is 5.69 Å². The lowest BCUT2D eigenvalue weighted by molar-refractivity contribution is 0.0832. The number of hydrogen-bond donors (Lipinski definition) is 1. The summed E-state index contributed by atoms with van der Waals surface area (Å²) in [5.41, 5.74) is 0.546. The second kappa shape index (κ2) is 6.41. The Labute approximate surface area is 124 Å². The molecule has 2 heterocycles. The van der Waals surface area contributed by atoms with Crippen molar-refractivity contribution in [1.29, 1.82) is 0 Å². The van der Waals surface area contributed by atoms with E-state index in [-0.39, 0.29) is 16.5 Å². The van der Waals surface area contributed by atoms with Gasteiger partial charge in [-0.05, 0) is 26.0 Å². The zero-order valence-corrected chi connectivity index (χ0v) is 13.2. The maximum absolute atomic E-state index is 12.9. The van der Waals surface area contributed by atoms with Gasteiger partial charge in [0.05, 0.1) is 18.0 Å². The Morgan fingerprint density at radius 3 is 2.85 bits per heavy atom. The number of pyridine rings is 1. The highest BCUT2D eigenvalue weighted by atomic mass is 32.2. The van der Waals surface area contributed by atoms with Crippen molar-refractivity contribution >= 4 is 11.8 Å². The van der Waals surface area contributed by atoms with Crippen LogP contribution in [0.3, 0.4) is 0 Å². The first kappa shape index (κ1) is 15.7. The molecule has 2 unspecified atom stereocenters. The van der Waals surface area contributed by atoms with Crippen molar-refractivity contribution in [3.8, 4) is 0 Å². The molecule has 2 atom stereocenters.